The molecular formula is C25H19Br2FN2O2. The van der Waals surface area contributed by atoms with Crippen molar-refractivity contribution in [1.29, 1.82) is 5.26 Å². The maximum Gasteiger partial charge on any atom is 0.266 e. The average molecular weight is 558 g/mol. The Morgan fingerprint density at radius 1 is 1.09 bits per heavy atom. The highest BCUT2D eigenvalue weighted by Gasteiger charge is 2.13. The van der Waals surface area contributed by atoms with Crippen molar-refractivity contribution in [2.45, 2.75) is 20.5 Å². The van der Waals surface area contributed by atoms with E-state index >= 15 is 0 Å². The summed E-state index contributed by atoms with van der Waals surface area (Å²) in [5, 5.41) is 12.3. The minimum absolute atomic E-state index is 0.0320. The van der Waals surface area contributed by atoms with E-state index < -0.39 is 5.91 Å². The van der Waals surface area contributed by atoms with Crippen LogP contribution in [0.25, 0.3) is 6.08 Å². The van der Waals surface area contributed by atoms with E-state index in [-0.39, 0.29) is 18.0 Å². The van der Waals surface area contributed by atoms with Gasteiger partial charge in [-0.15, -0.1) is 0 Å². The topological polar surface area (TPSA) is 62.1 Å². The molecule has 0 heterocycles. The molecule has 0 fully saturated rings. The number of carbonyl (C=O) groups excluding carboxylic acids is 1. The highest BCUT2D eigenvalue weighted by Crippen LogP contribution is 2.36. The number of amides is 1. The molecule has 3 rings (SSSR count). The summed E-state index contributed by atoms with van der Waals surface area (Å²) in [4.78, 5) is 12.6. The fraction of sp³-hybridized carbons (Fsp3) is 0.120. The van der Waals surface area contributed by atoms with Gasteiger partial charge in [0.25, 0.3) is 5.91 Å². The third-order valence-corrected chi connectivity index (χ3v) is 5.91. The average Bonchev–Trinajstić information content (AvgIpc) is 2.74. The second-order valence-electron chi connectivity index (χ2n) is 7.16. The van der Waals surface area contributed by atoms with Gasteiger partial charge in [0, 0.05) is 5.69 Å². The van der Waals surface area contributed by atoms with Crippen LogP contribution in [0.1, 0.15) is 22.3 Å². The molecule has 0 unspecified atom stereocenters. The maximum atomic E-state index is 13.4. The van der Waals surface area contributed by atoms with E-state index in [1.165, 1.54) is 18.2 Å². The molecular weight excluding hydrogens is 539 g/mol. The predicted molar refractivity (Wildman–Crippen MR) is 131 cm³/mol. The quantitative estimate of drug-likeness (QED) is 0.260. The highest BCUT2D eigenvalue weighted by molar-refractivity contribution is 9.11. The SMILES string of the molecule is Cc1ccc(NC(=O)/C(C#N)=C/c2cc(Br)c(OCc3cccc(F)c3)c(Br)c2)cc1C. The summed E-state index contributed by atoms with van der Waals surface area (Å²) in [7, 11) is 0. The minimum atomic E-state index is -0.491. The zero-order chi connectivity index (χ0) is 23.3. The number of hydrogen-bond acceptors (Lipinski definition) is 3. The van der Waals surface area contributed by atoms with Gasteiger partial charge in [0.2, 0.25) is 0 Å². The van der Waals surface area contributed by atoms with E-state index in [2.05, 4.69) is 37.2 Å². The van der Waals surface area contributed by atoms with Crippen molar-refractivity contribution < 1.29 is 13.9 Å². The van der Waals surface area contributed by atoms with Crippen molar-refractivity contribution in [2.24, 2.45) is 0 Å². The Morgan fingerprint density at radius 2 is 1.81 bits per heavy atom. The zero-order valence-corrected chi connectivity index (χ0v) is 20.6. The first-order valence-electron chi connectivity index (χ1n) is 9.63. The van der Waals surface area contributed by atoms with Gasteiger partial charge in [0.1, 0.15) is 29.8 Å². The third-order valence-electron chi connectivity index (χ3n) is 4.73. The lowest BCUT2D eigenvalue weighted by Gasteiger charge is -2.12. The van der Waals surface area contributed by atoms with Gasteiger partial charge in [0.05, 0.1) is 8.95 Å². The molecule has 0 spiro atoms. The lowest BCUT2D eigenvalue weighted by Crippen LogP contribution is -2.13. The van der Waals surface area contributed by atoms with Crippen LogP contribution in [0.3, 0.4) is 0 Å². The molecule has 3 aromatic carbocycles. The fourth-order valence-electron chi connectivity index (χ4n) is 2.92. The third kappa shape index (κ3) is 6.06. The van der Waals surface area contributed by atoms with Gasteiger partial charge in [0.15, 0.2) is 0 Å². The largest absolute Gasteiger partial charge is 0.487 e. The number of anilines is 1. The number of hydrogen-bond donors (Lipinski definition) is 1. The molecule has 0 radical (unpaired) electrons. The molecule has 3 aromatic rings. The second kappa shape index (κ2) is 10.6. The monoisotopic (exact) mass is 556 g/mol. The van der Waals surface area contributed by atoms with Gasteiger partial charge in [-0.1, -0.05) is 18.2 Å². The van der Waals surface area contributed by atoms with Crippen LogP contribution in [-0.2, 0) is 11.4 Å². The number of nitrogens with one attached hydrogen (secondary N) is 1. The summed E-state index contributed by atoms with van der Waals surface area (Å²) in [6, 6.07) is 17.2. The summed E-state index contributed by atoms with van der Waals surface area (Å²) in [5.74, 6) is -0.285. The van der Waals surface area contributed by atoms with Crippen LogP contribution < -0.4 is 10.1 Å². The molecule has 0 aliphatic heterocycles. The molecule has 0 bridgehead atoms. The second-order valence-corrected chi connectivity index (χ2v) is 8.86. The van der Waals surface area contributed by atoms with Gasteiger partial charge in [-0.3, -0.25) is 4.79 Å². The number of aryl methyl sites for hydroxylation is 2. The Labute approximate surface area is 203 Å². The molecule has 0 aliphatic rings. The summed E-state index contributed by atoms with van der Waals surface area (Å²) in [6.07, 6.45) is 1.50. The van der Waals surface area contributed by atoms with Crippen molar-refractivity contribution in [3.8, 4) is 11.8 Å². The van der Waals surface area contributed by atoms with Gasteiger partial charge in [-0.25, -0.2) is 4.39 Å². The lowest BCUT2D eigenvalue weighted by atomic mass is 10.1. The molecule has 0 aliphatic carbocycles. The van der Waals surface area contributed by atoms with E-state index in [4.69, 9.17) is 4.74 Å². The van der Waals surface area contributed by atoms with Crippen molar-refractivity contribution in [2.75, 3.05) is 5.32 Å². The van der Waals surface area contributed by atoms with Crippen LogP contribution in [0.5, 0.6) is 5.75 Å². The number of carbonyl (C=O) groups is 1. The number of rotatable bonds is 6. The Kier molecular flexibility index (Phi) is 7.84. The first-order chi connectivity index (χ1) is 15.3. The Morgan fingerprint density at radius 3 is 2.44 bits per heavy atom. The molecule has 0 saturated heterocycles. The van der Waals surface area contributed by atoms with Crippen LogP contribution in [0.2, 0.25) is 0 Å². The molecule has 0 aromatic heterocycles. The lowest BCUT2D eigenvalue weighted by molar-refractivity contribution is -0.112. The first-order valence-corrected chi connectivity index (χ1v) is 11.2. The van der Waals surface area contributed by atoms with Crippen molar-refractivity contribution >= 4 is 49.5 Å². The maximum absolute atomic E-state index is 13.4. The first kappa shape index (κ1) is 23.7. The molecule has 4 nitrogen and oxygen atoms in total. The Hall–Kier alpha value is -2.95. The van der Waals surface area contributed by atoms with Crippen LogP contribution in [-0.4, -0.2) is 5.91 Å². The van der Waals surface area contributed by atoms with Gasteiger partial charge >= 0.3 is 0 Å². The van der Waals surface area contributed by atoms with Crippen molar-refractivity contribution in [1.82, 2.24) is 0 Å². The van der Waals surface area contributed by atoms with Crippen molar-refractivity contribution in [3.63, 3.8) is 0 Å². The Bertz CT molecular complexity index is 1230. The van der Waals surface area contributed by atoms with E-state index in [1.807, 2.05) is 32.0 Å². The summed E-state index contributed by atoms with van der Waals surface area (Å²) in [6.45, 7) is 4.13. The van der Waals surface area contributed by atoms with Crippen LogP contribution in [0, 0.1) is 31.0 Å². The zero-order valence-electron chi connectivity index (χ0n) is 17.4. The van der Waals surface area contributed by atoms with E-state index in [1.54, 1.807) is 30.3 Å². The standard InChI is InChI=1S/C25H19Br2FN2O2/c1-15-6-7-21(8-16(15)2)30-25(31)19(13-29)9-18-11-22(26)24(23(27)12-18)32-14-17-4-3-5-20(28)10-17/h3-12H,14H2,1-2H3,(H,30,31)/b19-9+. The Balaban J connectivity index is 1.77. The van der Waals surface area contributed by atoms with Crippen LogP contribution in [0.4, 0.5) is 10.1 Å². The number of halogens is 3. The van der Waals surface area contributed by atoms with Gasteiger partial charge in [-0.2, -0.15) is 5.26 Å². The van der Waals surface area contributed by atoms with Crippen LogP contribution in [0.15, 0.2) is 69.1 Å². The fourth-order valence-corrected chi connectivity index (χ4v) is 4.37. The molecule has 32 heavy (non-hydrogen) atoms. The smallest absolute Gasteiger partial charge is 0.266 e. The van der Waals surface area contributed by atoms with Crippen molar-refractivity contribution in [3.05, 3.63) is 97.2 Å². The summed E-state index contributed by atoms with van der Waals surface area (Å²) in [5.41, 5.74) is 4.09. The summed E-state index contributed by atoms with van der Waals surface area (Å²) < 4.78 is 20.4. The molecule has 1 N–H and O–H groups in total. The highest BCUT2D eigenvalue weighted by atomic mass is 79.9. The molecule has 0 atom stereocenters. The minimum Gasteiger partial charge on any atom is -0.487 e. The normalized spacial score (nSPS) is 11.1. The van der Waals surface area contributed by atoms with Gasteiger partial charge in [-0.05, 0) is 110 Å². The number of nitrogens with zero attached hydrogens (tertiary/aromatic N) is 1. The predicted octanol–water partition coefficient (Wildman–Crippen LogP) is 7.09. The van der Waals surface area contributed by atoms with Gasteiger partial charge < -0.3 is 10.1 Å². The van der Waals surface area contributed by atoms with E-state index in [0.29, 0.717) is 31.5 Å². The number of benzene rings is 3. The number of nitriles is 1. The van der Waals surface area contributed by atoms with Crippen LogP contribution >= 0.6 is 31.9 Å². The van der Waals surface area contributed by atoms with E-state index in [0.717, 1.165) is 11.1 Å². The molecule has 162 valence electrons. The summed E-state index contributed by atoms with van der Waals surface area (Å²) >= 11 is 6.92. The molecule has 0 saturated carbocycles. The number of ether oxygens (including phenoxy) is 1. The molecule has 7 heteroatoms. The van der Waals surface area contributed by atoms with E-state index in [9.17, 15) is 14.4 Å². The molecule has 1 amide bonds.